The second-order valence-electron chi connectivity index (χ2n) is 21.6. The van der Waals surface area contributed by atoms with Crippen LogP contribution in [-0.4, -0.2) is 4.21 Å². The van der Waals surface area contributed by atoms with Crippen LogP contribution in [0.5, 0.6) is 0 Å². The SMILES string of the molecule is Cl.Cl.[CH2]=[Zr]([CH3])([C]1=CC(C2(C)C3CC4CC(C3)CC2C4)=CC1C)([c]1ccc2ccccc2c1)[c]1c(C)c(C(C)(C)C)cc2c1Cc1cc(C)c(C(C)(C)C)cc1-2. The molecule has 0 aromatic heterocycles. The van der Waals surface area contributed by atoms with Crippen molar-refractivity contribution in [3.8, 4) is 11.1 Å². The molecule has 0 radical (unpaired) electrons. The van der Waals surface area contributed by atoms with Crippen molar-refractivity contribution in [3.63, 3.8) is 0 Å². The molecule has 6 aliphatic carbocycles. The first-order chi connectivity index (χ1) is 24.8. The Hall–Kier alpha value is -2.05. The Labute approximate surface area is 346 Å². The van der Waals surface area contributed by atoms with Crippen LogP contribution in [-0.2, 0) is 35.5 Å². The zero-order valence-corrected chi connectivity index (χ0v) is 39.7. The fourth-order valence-corrected chi connectivity index (χ4v) is 28.5. The van der Waals surface area contributed by atoms with Crippen LogP contribution in [0, 0.1) is 48.9 Å². The number of aryl methyl sites for hydroxylation is 1. The fraction of sp³-hybridized carbons (Fsp3) is 0.481. The number of rotatable bonds is 4. The van der Waals surface area contributed by atoms with E-state index >= 15 is 0 Å². The Bertz CT molecular complexity index is 2340. The molecular formula is C52H66Cl2Zr. The van der Waals surface area contributed by atoms with E-state index in [0.717, 1.165) is 30.1 Å². The van der Waals surface area contributed by atoms with Crippen molar-refractivity contribution >= 4 is 46.3 Å². The molecule has 4 fully saturated rings. The van der Waals surface area contributed by atoms with Crippen molar-refractivity contribution in [2.45, 2.75) is 123 Å². The van der Waals surface area contributed by atoms with Crippen LogP contribution in [0.4, 0.5) is 0 Å². The van der Waals surface area contributed by atoms with E-state index in [2.05, 4.69) is 147 Å². The summed E-state index contributed by atoms with van der Waals surface area (Å²) >= 11 is -4.68. The average molecular weight is 853 g/mol. The van der Waals surface area contributed by atoms with E-state index in [1.165, 1.54) is 85.1 Å². The van der Waals surface area contributed by atoms with Crippen molar-refractivity contribution in [2.24, 2.45) is 35.0 Å². The van der Waals surface area contributed by atoms with Gasteiger partial charge in [0.1, 0.15) is 0 Å². The Morgan fingerprint density at radius 2 is 1.31 bits per heavy atom. The summed E-state index contributed by atoms with van der Waals surface area (Å²) in [5, 5.41) is 2.67. The Balaban J connectivity index is 0.00000233. The monoisotopic (exact) mass is 850 g/mol. The van der Waals surface area contributed by atoms with Crippen molar-refractivity contribution in [2.75, 3.05) is 0 Å². The average Bonchev–Trinajstić information content (AvgIpc) is 3.65. The number of hydrogen-bond acceptors (Lipinski definition) is 0. The van der Waals surface area contributed by atoms with Crippen LogP contribution in [0.3, 0.4) is 0 Å². The van der Waals surface area contributed by atoms with Gasteiger partial charge >= 0.3 is 324 Å². The minimum atomic E-state index is -4.68. The van der Waals surface area contributed by atoms with Crippen molar-refractivity contribution in [3.05, 3.63) is 115 Å². The first-order valence-corrected chi connectivity index (χ1v) is 29.0. The molecule has 4 saturated carbocycles. The zero-order valence-electron chi connectivity index (χ0n) is 35.6. The maximum absolute atomic E-state index is 5.88. The van der Waals surface area contributed by atoms with Crippen LogP contribution >= 0.6 is 24.8 Å². The second-order valence-corrected chi connectivity index (χ2v) is 35.6. The van der Waals surface area contributed by atoms with Gasteiger partial charge < -0.3 is 0 Å². The molecule has 1 atom stereocenters. The number of halogens is 2. The minimum absolute atomic E-state index is 0. The van der Waals surface area contributed by atoms with E-state index in [0.29, 0.717) is 5.92 Å². The molecule has 0 saturated heterocycles. The van der Waals surface area contributed by atoms with Crippen LogP contribution < -0.4 is 6.54 Å². The number of allylic oxidation sites excluding steroid dienone is 4. The van der Waals surface area contributed by atoms with E-state index in [-0.39, 0.29) is 41.1 Å². The molecule has 292 valence electrons. The van der Waals surface area contributed by atoms with E-state index in [4.69, 9.17) is 4.21 Å². The summed E-state index contributed by atoms with van der Waals surface area (Å²) in [6.45, 7) is 24.5. The Morgan fingerprint density at radius 3 is 1.91 bits per heavy atom. The molecule has 3 heteroatoms. The summed E-state index contributed by atoms with van der Waals surface area (Å²) in [5.41, 5.74) is 14.0. The number of benzene rings is 4. The van der Waals surface area contributed by atoms with Gasteiger partial charge in [0.25, 0.3) is 0 Å². The molecule has 0 heterocycles. The predicted octanol–water partition coefficient (Wildman–Crippen LogP) is 13.5. The standard InChI is InChI=1S/C23H29.C17H23.C10H7.CH3.CH2.2ClH.Zr/c1-14-9-16-11-17-10-15(2)21(23(6,7)8)13-19(17)18(16)12-20(14)22(3,4)5;1-11-3-4-14(5-11)17(2)15-7-12-6-13(9-15)10-16(17)8-12;1-2-6-10-8-4-3-7-9(10)5-1;;;;;/h9,12-13H,11H2,1-8H3;4-5,11-13,15-16H,6-10H2,1-2H3;1-3,5-8H;1H3;1H2;2*1H;. The van der Waals surface area contributed by atoms with Gasteiger partial charge in [-0.3, -0.25) is 0 Å². The summed E-state index contributed by atoms with van der Waals surface area (Å²) in [7, 11) is 0. The summed E-state index contributed by atoms with van der Waals surface area (Å²) in [5.74, 6) is 4.00. The van der Waals surface area contributed by atoms with Crippen molar-refractivity contribution in [1.82, 2.24) is 0 Å². The van der Waals surface area contributed by atoms with Gasteiger partial charge in [0.05, 0.1) is 0 Å². The third-order valence-corrected chi connectivity index (χ3v) is 31.0. The Kier molecular flexibility index (Phi) is 9.90. The predicted molar refractivity (Wildman–Crippen MR) is 243 cm³/mol. The van der Waals surface area contributed by atoms with Gasteiger partial charge in [0.15, 0.2) is 0 Å². The molecule has 10 rings (SSSR count). The summed E-state index contributed by atoms with van der Waals surface area (Å²) in [6, 6.07) is 24.3. The van der Waals surface area contributed by atoms with Crippen molar-refractivity contribution in [1.29, 1.82) is 0 Å². The van der Waals surface area contributed by atoms with Crippen molar-refractivity contribution < 1.29 is 18.3 Å². The molecule has 6 aliphatic rings. The third kappa shape index (κ3) is 5.92. The fourth-order valence-electron chi connectivity index (χ4n) is 13.7. The molecular weight excluding hydrogens is 787 g/mol. The Morgan fingerprint density at radius 1 is 0.727 bits per heavy atom. The first-order valence-electron chi connectivity index (χ1n) is 21.1. The van der Waals surface area contributed by atoms with Gasteiger partial charge in [-0.15, -0.1) is 24.8 Å². The van der Waals surface area contributed by atoms with Gasteiger partial charge in [-0.1, -0.05) is 0 Å². The molecule has 4 aromatic carbocycles. The number of hydrogen-bond donors (Lipinski definition) is 0. The van der Waals surface area contributed by atoms with Gasteiger partial charge in [-0.05, 0) is 0 Å². The molecule has 0 amide bonds. The zero-order chi connectivity index (χ0) is 37.6. The van der Waals surface area contributed by atoms with Gasteiger partial charge in [-0.2, -0.15) is 0 Å². The first kappa shape index (κ1) is 41.1. The molecule has 0 N–H and O–H groups in total. The van der Waals surface area contributed by atoms with Crippen LogP contribution in [0.2, 0.25) is 4.63 Å². The molecule has 0 aliphatic heterocycles. The van der Waals surface area contributed by atoms with E-state index in [9.17, 15) is 0 Å². The molecule has 4 bridgehead atoms. The molecule has 4 aromatic rings. The summed E-state index contributed by atoms with van der Waals surface area (Å²) < 4.78 is 13.5. The quantitative estimate of drug-likeness (QED) is 0.169. The van der Waals surface area contributed by atoms with E-state index < -0.39 is 18.3 Å². The molecule has 55 heavy (non-hydrogen) atoms. The maximum atomic E-state index is 5.88. The van der Waals surface area contributed by atoms with Gasteiger partial charge in [0, 0.05) is 0 Å². The third-order valence-electron chi connectivity index (χ3n) is 16.1. The van der Waals surface area contributed by atoms with E-state index in [1.54, 1.807) is 17.7 Å². The number of fused-ring (bicyclic) bond motifs is 4. The van der Waals surface area contributed by atoms with Crippen LogP contribution in [0.25, 0.3) is 21.9 Å². The second kappa shape index (κ2) is 13.2. The van der Waals surface area contributed by atoms with Gasteiger partial charge in [0.2, 0.25) is 0 Å². The topological polar surface area (TPSA) is 0 Å². The molecule has 1 unspecified atom stereocenters. The van der Waals surface area contributed by atoms with Crippen LogP contribution in [0.1, 0.15) is 121 Å². The van der Waals surface area contributed by atoms with E-state index in [1.807, 2.05) is 0 Å². The normalized spacial score (nSPS) is 26.9. The molecule has 0 nitrogen and oxygen atoms in total. The summed E-state index contributed by atoms with van der Waals surface area (Å²) in [6.07, 6.45) is 13.9. The molecule has 0 spiro atoms. The summed E-state index contributed by atoms with van der Waals surface area (Å²) in [4.78, 5) is 0. The van der Waals surface area contributed by atoms with Crippen LogP contribution in [0.15, 0.2) is 81.7 Å². The van der Waals surface area contributed by atoms with Gasteiger partial charge in [-0.25, -0.2) is 0 Å².